The number of halogens is 1. The summed E-state index contributed by atoms with van der Waals surface area (Å²) in [4.78, 5) is 28.1. The number of carbonyl (C=O) groups is 2. The molecule has 0 saturated carbocycles. The molecule has 1 aliphatic rings. The summed E-state index contributed by atoms with van der Waals surface area (Å²) in [5, 5.41) is 54.5. The number of carbonyl (C=O) groups excluding carboxylic acids is 1. The summed E-state index contributed by atoms with van der Waals surface area (Å²) in [6, 6.07) is 6.19. The minimum atomic E-state index is -1.96. The second kappa shape index (κ2) is 10.2. The number of carboxylic acids is 1. The van der Waals surface area contributed by atoms with Crippen LogP contribution in [0, 0.1) is 5.41 Å². The molecule has 2 heterocycles. The Morgan fingerprint density at radius 3 is 2.35 bits per heavy atom. The predicted molar refractivity (Wildman–Crippen MR) is 111 cm³/mol. The summed E-state index contributed by atoms with van der Waals surface area (Å²) in [7, 11) is 0. The van der Waals surface area contributed by atoms with Crippen molar-refractivity contribution in [3.63, 3.8) is 0 Å². The number of hydrogen-bond donors (Lipinski definition) is 5. The van der Waals surface area contributed by atoms with E-state index in [0.717, 1.165) is 0 Å². The molecule has 0 amide bonds. The van der Waals surface area contributed by atoms with E-state index < -0.39 is 60.4 Å². The van der Waals surface area contributed by atoms with Gasteiger partial charge < -0.3 is 39.7 Å². The van der Waals surface area contributed by atoms with Crippen molar-refractivity contribution in [1.29, 1.82) is 0 Å². The molecule has 1 fully saturated rings. The zero-order chi connectivity index (χ0) is 25.2. The lowest BCUT2D eigenvalue weighted by molar-refractivity contribution is -0.290. The third-order valence-corrected chi connectivity index (χ3v) is 5.59. The van der Waals surface area contributed by atoms with Gasteiger partial charge in [-0.25, -0.2) is 14.5 Å². The van der Waals surface area contributed by atoms with E-state index in [1.807, 2.05) is 0 Å². The highest BCUT2D eigenvalue weighted by atomic mass is 35.5. The Kier molecular flexibility index (Phi) is 7.75. The second-order valence-corrected chi connectivity index (χ2v) is 8.58. The first-order valence-corrected chi connectivity index (χ1v) is 10.4. The van der Waals surface area contributed by atoms with Crippen molar-refractivity contribution in [2.75, 3.05) is 0 Å². The highest BCUT2D eigenvalue weighted by Gasteiger charge is 2.51. The van der Waals surface area contributed by atoms with E-state index in [1.165, 1.54) is 43.3 Å². The van der Waals surface area contributed by atoms with Crippen molar-refractivity contribution in [1.82, 2.24) is 14.8 Å². The van der Waals surface area contributed by atoms with Crippen LogP contribution in [-0.2, 0) is 19.1 Å². The Balaban J connectivity index is 1.80. The molecule has 7 atom stereocenters. The highest BCUT2D eigenvalue weighted by Crippen LogP contribution is 2.34. The molecule has 1 aromatic carbocycles. The first-order chi connectivity index (χ1) is 15.9. The van der Waals surface area contributed by atoms with Crippen LogP contribution in [-0.4, -0.2) is 89.0 Å². The minimum Gasteiger partial charge on any atom is -0.479 e. The van der Waals surface area contributed by atoms with Crippen LogP contribution in [0.15, 0.2) is 36.9 Å². The maximum atomic E-state index is 13.0. The number of aromatic nitrogens is 3. The van der Waals surface area contributed by atoms with Crippen LogP contribution in [0.2, 0.25) is 5.02 Å². The molecule has 1 aromatic heterocycles. The fraction of sp³-hybridized carbons (Fsp3) is 0.500. The Morgan fingerprint density at radius 2 is 1.79 bits per heavy atom. The van der Waals surface area contributed by atoms with E-state index in [1.54, 1.807) is 12.1 Å². The van der Waals surface area contributed by atoms with Crippen LogP contribution in [0.3, 0.4) is 0 Å². The summed E-state index contributed by atoms with van der Waals surface area (Å²) in [5.41, 5.74) is -1.74. The van der Waals surface area contributed by atoms with Crippen molar-refractivity contribution in [2.45, 2.75) is 56.9 Å². The van der Waals surface area contributed by atoms with Crippen LogP contribution in [0.1, 0.15) is 20.1 Å². The summed E-state index contributed by atoms with van der Waals surface area (Å²) in [6.07, 6.45) is -10.2. The van der Waals surface area contributed by atoms with Gasteiger partial charge in [0.15, 0.2) is 6.10 Å². The molecule has 2 aromatic rings. The smallest absolute Gasteiger partial charge is 0.335 e. The van der Waals surface area contributed by atoms with Crippen LogP contribution >= 0.6 is 11.6 Å². The number of esters is 1. The van der Waals surface area contributed by atoms with Gasteiger partial charge in [-0.2, -0.15) is 5.10 Å². The fourth-order valence-corrected chi connectivity index (χ4v) is 3.27. The molecule has 1 aliphatic heterocycles. The van der Waals surface area contributed by atoms with Gasteiger partial charge in [-0.05, 0) is 38.1 Å². The maximum Gasteiger partial charge on any atom is 0.335 e. The zero-order valence-corrected chi connectivity index (χ0v) is 18.8. The van der Waals surface area contributed by atoms with E-state index in [2.05, 4.69) is 10.1 Å². The van der Waals surface area contributed by atoms with Gasteiger partial charge in [0.2, 0.25) is 12.5 Å². The number of ether oxygens (including phenoxy) is 3. The molecule has 34 heavy (non-hydrogen) atoms. The predicted octanol–water partition coefficient (Wildman–Crippen LogP) is -0.668. The number of benzene rings is 1. The number of nitrogens with zero attached hydrogens (tertiary/aromatic N) is 3. The molecule has 186 valence electrons. The average Bonchev–Trinajstić information content (AvgIpc) is 3.32. The molecule has 0 aliphatic carbocycles. The largest absolute Gasteiger partial charge is 0.479 e. The lowest BCUT2D eigenvalue weighted by atomic mass is 9.85. The van der Waals surface area contributed by atoms with Gasteiger partial charge in [-0.15, -0.1) is 0 Å². The second-order valence-electron chi connectivity index (χ2n) is 8.14. The standard InChI is InChI=1S/C20H24ClN3O10/c1-20(2,19(31)34-18-13(27)11(25)12(26)14(33-18)17(29)30)15(28)16(24-8-22-7-23-24)32-10-5-3-9(21)4-6-10/h3-8,11-16,18,25-28H,1-2H3,(H,29,30)/t11-,12-,13+,14-,15?,16?,18-/m0/s1. The van der Waals surface area contributed by atoms with E-state index in [-0.39, 0.29) is 0 Å². The van der Waals surface area contributed by atoms with Crippen LogP contribution in [0.4, 0.5) is 0 Å². The molecule has 0 spiro atoms. The highest BCUT2D eigenvalue weighted by molar-refractivity contribution is 6.30. The summed E-state index contributed by atoms with van der Waals surface area (Å²) >= 11 is 5.88. The van der Waals surface area contributed by atoms with Gasteiger partial charge in [0.05, 0.1) is 5.41 Å². The Labute approximate surface area is 198 Å². The molecular formula is C20H24ClN3O10. The van der Waals surface area contributed by atoms with Crippen molar-refractivity contribution in [2.24, 2.45) is 5.41 Å². The lowest BCUT2D eigenvalue weighted by Gasteiger charge is -2.40. The van der Waals surface area contributed by atoms with E-state index in [0.29, 0.717) is 10.8 Å². The third-order valence-electron chi connectivity index (χ3n) is 5.34. The van der Waals surface area contributed by atoms with Crippen molar-refractivity contribution in [3.8, 4) is 5.75 Å². The fourth-order valence-electron chi connectivity index (χ4n) is 3.15. The first-order valence-electron chi connectivity index (χ1n) is 10.0. The molecule has 3 rings (SSSR count). The quantitative estimate of drug-likeness (QED) is 0.287. The maximum absolute atomic E-state index is 13.0. The SMILES string of the molecule is CC(C)(C(=O)O[C@@H]1O[C@H](C(=O)O)[C@@H](O)[C@H](O)[C@H]1O)C(O)C(Oc1ccc(Cl)cc1)n1cncn1. The molecule has 5 N–H and O–H groups in total. The Hall–Kier alpha value is -2.81. The van der Waals surface area contributed by atoms with Crippen LogP contribution in [0.25, 0.3) is 0 Å². The average molecular weight is 502 g/mol. The number of aliphatic hydroxyl groups excluding tert-OH is 4. The summed E-state index contributed by atoms with van der Waals surface area (Å²) < 4.78 is 17.1. The molecule has 1 saturated heterocycles. The number of rotatable bonds is 8. The topological polar surface area (TPSA) is 194 Å². The molecule has 13 nitrogen and oxygen atoms in total. The van der Waals surface area contributed by atoms with Crippen molar-refractivity contribution >= 4 is 23.5 Å². The van der Waals surface area contributed by atoms with Gasteiger partial charge in [0, 0.05) is 5.02 Å². The van der Waals surface area contributed by atoms with Gasteiger partial charge in [0.25, 0.3) is 0 Å². The summed E-state index contributed by atoms with van der Waals surface area (Å²) in [5.74, 6) is -2.47. The van der Waals surface area contributed by atoms with Gasteiger partial charge >= 0.3 is 11.9 Å². The van der Waals surface area contributed by atoms with E-state index >= 15 is 0 Å². The van der Waals surface area contributed by atoms with Crippen LogP contribution < -0.4 is 4.74 Å². The summed E-state index contributed by atoms with van der Waals surface area (Å²) in [6.45, 7) is 2.62. The Morgan fingerprint density at radius 1 is 1.15 bits per heavy atom. The zero-order valence-electron chi connectivity index (χ0n) is 18.0. The van der Waals surface area contributed by atoms with E-state index in [4.69, 9.17) is 30.9 Å². The first kappa shape index (κ1) is 25.8. The molecule has 2 unspecified atom stereocenters. The normalized spacial score (nSPS) is 27.0. The molecule has 14 heteroatoms. The van der Waals surface area contributed by atoms with Gasteiger partial charge in [-0.3, -0.25) is 4.79 Å². The Bertz CT molecular complexity index is 987. The molecule has 0 bridgehead atoms. The number of aliphatic hydroxyl groups is 4. The number of hydrogen-bond acceptors (Lipinski definition) is 11. The number of carboxylic acid groups (broad SMARTS) is 1. The third kappa shape index (κ3) is 5.29. The van der Waals surface area contributed by atoms with Crippen LogP contribution in [0.5, 0.6) is 5.75 Å². The molecule has 0 radical (unpaired) electrons. The monoisotopic (exact) mass is 501 g/mol. The van der Waals surface area contributed by atoms with Gasteiger partial charge in [0.1, 0.15) is 42.8 Å². The van der Waals surface area contributed by atoms with Crippen molar-refractivity contribution < 1.29 is 49.3 Å². The minimum absolute atomic E-state index is 0.292. The van der Waals surface area contributed by atoms with E-state index in [9.17, 15) is 30.0 Å². The van der Waals surface area contributed by atoms with Crippen molar-refractivity contribution in [3.05, 3.63) is 41.9 Å². The van der Waals surface area contributed by atoms with Gasteiger partial charge in [-0.1, -0.05) is 11.6 Å². The molecular weight excluding hydrogens is 478 g/mol. The number of aliphatic carboxylic acids is 1. The lowest BCUT2D eigenvalue weighted by Crippen LogP contribution is -2.61.